The SMILES string of the molecule is CC1(C)c2ccccc2-c2ccc(N(c3ccc(-c4cccc5oc6cc7oc(-c8ccccc8)nc7cc6c45)cc3)c3ccccc3-c3cccc4ccccc34)cc21. The molecule has 4 nitrogen and oxygen atoms in total. The molecule has 0 radical (unpaired) electrons. The van der Waals surface area contributed by atoms with E-state index >= 15 is 0 Å². The summed E-state index contributed by atoms with van der Waals surface area (Å²) in [6.45, 7) is 4.70. The zero-order valence-electron chi connectivity index (χ0n) is 33.2. The number of para-hydroxylation sites is 1. The fraction of sp³-hybridized carbons (Fsp3) is 0.0536. The average molecular weight is 771 g/mol. The van der Waals surface area contributed by atoms with E-state index in [4.69, 9.17) is 13.8 Å². The van der Waals surface area contributed by atoms with Crippen LogP contribution in [0, 0.1) is 0 Å². The second kappa shape index (κ2) is 13.2. The lowest BCUT2D eigenvalue weighted by Gasteiger charge is -2.30. The number of furan rings is 1. The number of rotatable bonds is 6. The molecule has 284 valence electrons. The van der Waals surface area contributed by atoms with Gasteiger partial charge in [0, 0.05) is 44.8 Å². The zero-order chi connectivity index (χ0) is 40.0. The predicted molar refractivity (Wildman–Crippen MR) is 247 cm³/mol. The van der Waals surface area contributed by atoms with E-state index in [1.165, 1.54) is 44.2 Å². The van der Waals surface area contributed by atoms with Gasteiger partial charge in [0.25, 0.3) is 0 Å². The minimum Gasteiger partial charge on any atom is -0.456 e. The first-order chi connectivity index (χ1) is 29.5. The van der Waals surface area contributed by atoms with Gasteiger partial charge in [0.2, 0.25) is 5.89 Å². The van der Waals surface area contributed by atoms with Crippen molar-refractivity contribution in [1.82, 2.24) is 4.98 Å². The van der Waals surface area contributed by atoms with Crippen LogP contribution in [0.4, 0.5) is 17.1 Å². The van der Waals surface area contributed by atoms with Crippen LogP contribution in [0.15, 0.2) is 203 Å². The predicted octanol–water partition coefficient (Wildman–Crippen LogP) is 15.7. The maximum atomic E-state index is 6.48. The molecule has 0 amide bonds. The van der Waals surface area contributed by atoms with Gasteiger partial charge in [0.15, 0.2) is 5.58 Å². The summed E-state index contributed by atoms with van der Waals surface area (Å²) < 4.78 is 12.7. The highest BCUT2D eigenvalue weighted by Crippen LogP contribution is 2.52. The average Bonchev–Trinajstić information content (AvgIpc) is 3.95. The molecular formula is C56H38N2O2. The van der Waals surface area contributed by atoms with Gasteiger partial charge in [-0.1, -0.05) is 147 Å². The Balaban J connectivity index is 1.01. The second-order valence-electron chi connectivity index (χ2n) is 16.3. The Morgan fingerprint density at radius 1 is 0.433 bits per heavy atom. The number of benzene rings is 9. The van der Waals surface area contributed by atoms with E-state index in [1.54, 1.807) is 0 Å². The Morgan fingerprint density at radius 2 is 1.12 bits per heavy atom. The van der Waals surface area contributed by atoms with Crippen LogP contribution in [0.25, 0.3) is 88.6 Å². The Morgan fingerprint density at radius 3 is 2.00 bits per heavy atom. The van der Waals surface area contributed by atoms with Crippen molar-refractivity contribution in [3.63, 3.8) is 0 Å². The van der Waals surface area contributed by atoms with Crippen molar-refractivity contribution < 1.29 is 8.83 Å². The summed E-state index contributed by atoms with van der Waals surface area (Å²) in [4.78, 5) is 7.31. The van der Waals surface area contributed by atoms with Gasteiger partial charge in [-0.05, 0) is 104 Å². The van der Waals surface area contributed by atoms with Crippen LogP contribution < -0.4 is 4.90 Å². The third-order valence-corrected chi connectivity index (χ3v) is 12.5. The molecule has 0 aliphatic heterocycles. The van der Waals surface area contributed by atoms with Crippen molar-refractivity contribution in [1.29, 1.82) is 0 Å². The largest absolute Gasteiger partial charge is 0.456 e. The van der Waals surface area contributed by atoms with Crippen LogP contribution in [-0.2, 0) is 5.41 Å². The van der Waals surface area contributed by atoms with Gasteiger partial charge >= 0.3 is 0 Å². The highest BCUT2D eigenvalue weighted by Gasteiger charge is 2.36. The number of aromatic nitrogens is 1. The minimum absolute atomic E-state index is 0.140. The molecule has 11 aromatic rings. The first-order valence-corrected chi connectivity index (χ1v) is 20.5. The highest BCUT2D eigenvalue weighted by atomic mass is 16.4. The summed E-state index contributed by atoms with van der Waals surface area (Å²) >= 11 is 0. The van der Waals surface area contributed by atoms with Gasteiger partial charge in [-0.3, -0.25) is 0 Å². The first kappa shape index (κ1) is 34.4. The van der Waals surface area contributed by atoms with Gasteiger partial charge in [0.1, 0.15) is 16.7 Å². The standard InChI is InChI=1S/C56H38N2O2/c1-56(2)47-23-10-8-19-43(47)44-31-30-39(32-48(44)56)58(50-24-11-9-20-45(50)42-22-12-17-35-14-6-7-18-40(35)42)38-28-26-36(27-29-38)41-21-13-25-51-54(41)46-33-49-53(34-52(46)59-51)60-55(57-49)37-15-4-3-5-16-37/h3-34H,1-2H3. The molecule has 0 unspecified atom stereocenters. The highest BCUT2D eigenvalue weighted by molar-refractivity contribution is 6.15. The van der Waals surface area contributed by atoms with Crippen LogP contribution in [0.1, 0.15) is 25.0 Å². The lowest BCUT2D eigenvalue weighted by atomic mass is 9.82. The van der Waals surface area contributed by atoms with Crippen LogP contribution >= 0.6 is 0 Å². The molecule has 0 bridgehead atoms. The summed E-state index contributed by atoms with van der Waals surface area (Å²) in [5.41, 5.74) is 17.1. The first-order valence-electron chi connectivity index (χ1n) is 20.5. The van der Waals surface area contributed by atoms with Crippen LogP contribution in [0.3, 0.4) is 0 Å². The minimum atomic E-state index is -0.140. The van der Waals surface area contributed by atoms with Crippen LogP contribution in [0.5, 0.6) is 0 Å². The molecule has 4 heteroatoms. The summed E-state index contributed by atoms with van der Waals surface area (Å²) in [6, 6.07) is 69.3. The molecular weight excluding hydrogens is 733 g/mol. The van der Waals surface area contributed by atoms with E-state index in [1.807, 2.05) is 42.5 Å². The van der Waals surface area contributed by atoms with Gasteiger partial charge in [-0.15, -0.1) is 0 Å². The number of anilines is 3. The fourth-order valence-corrected chi connectivity index (χ4v) is 9.60. The molecule has 0 saturated carbocycles. The van der Waals surface area contributed by atoms with Gasteiger partial charge in [-0.2, -0.15) is 0 Å². The summed E-state index contributed by atoms with van der Waals surface area (Å²) in [5.74, 6) is 0.599. The van der Waals surface area contributed by atoms with Crippen LogP contribution in [0.2, 0.25) is 0 Å². The molecule has 2 aromatic heterocycles. The lowest BCUT2D eigenvalue weighted by molar-refractivity contribution is 0.617. The van der Waals surface area contributed by atoms with Crippen LogP contribution in [-0.4, -0.2) is 4.98 Å². The molecule has 1 aliphatic carbocycles. The smallest absolute Gasteiger partial charge is 0.227 e. The second-order valence-corrected chi connectivity index (χ2v) is 16.3. The van der Waals surface area contributed by atoms with E-state index in [2.05, 4.69) is 170 Å². The normalized spacial score (nSPS) is 13.0. The molecule has 0 spiro atoms. The molecule has 12 rings (SSSR count). The summed E-state index contributed by atoms with van der Waals surface area (Å²) in [5, 5.41) is 4.52. The summed E-state index contributed by atoms with van der Waals surface area (Å²) in [7, 11) is 0. The number of fused-ring (bicyclic) bond motifs is 8. The summed E-state index contributed by atoms with van der Waals surface area (Å²) in [6.07, 6.45) is 0. The van der Waals surface area contributed by atoms with E-state index in [0.29, 0.717) is 11.5 Å². The number of hydrogen-bond acceptors (Lipinski definition) is 4. The van der Waals surface area contributed by atoms with Gasteiger partial charge < -0.3 is 13.7 Å². The van der Waals surface area contributed by atoms with E-state index < -0.39 is 0 Å². The third-order valence-electron chi connectivity index (χ3n) is 12.5. The topological polar surface area (TPSA) is 42.4 Å². The quantitative estimate of drug-likeness (QED) is 0.169. The van der Waals surface area contributed by atoms with Gasteiger partial charge in [-0.25, -0.2) is 4.98 Å². The van der Waals surface area contributed by atoms with Gasteiger partial charge in [0.05, 0.1) is 5.69 Å². The molecule has 60 heavy (non-hydrogen) atoms. The maximum absolute atomic E-state index is 6.48. The third kappa shape index (κ3) is 5.27. The Kier molecular flexibility index (Phi) is 7.54. The van der Waals surface area contributed by atoms with Crippen molar-refractivity contribution >= 4 is 60.9 Å². The lowest BCUT2D eigenvalue weighted by Crippen LogP contribution is -2.16. The van der Waals surface area contributed by atoms with E-state index in [-0.39, 0.29) is 5.41 Å². The molecule has 9 aromatic carbocycles. The van der Waals surface area contributed by atoms with Crippen molar-refractivity contribution in [3.05, 3.63) is 205 Å². The van der Waals surface area contributed by atoms with Crippen molar-refractivity contribution in [2.75, 3.05) is 4.90 Å². The Bertz CT molecular complexity index is 3460. The zero-order valence-corrected chi connectivity index (χ0v) is 33.2. The fourth-order valence-electron chi connectivity index (χ4n) is 9.60. The molecule has 0 saturated heterocycles. The maximum Gasteiger partial charge on any atom is 0.227 e. The molecule has 1 aliphatic rings. The molecule has 0 fully saturated rings. The number of hydrogen-bond donors (Lipinski definition) is 0. The molecule has 0 atom stereocenters. The monoisotopic (exact) mass is 770 g/mol. The van der Waals surface area contributed by atoms with Crippen molar-refractivity contribution in [3.8, 4) is 44.8 Å². The number of nitrogens with zero attached hydrogens (tertiary/aromatic N) is 2. The molecule has 2 heterocycles. The Labute approximate surface area is 347 Å². The molecule has 0 N–H and O–H groups in total. The van der Waals surface area contributed by atoms with E-state index in [9.17, 15) is 0 Å². The van der Waals surface area contributed by atoms with Crippen molar-refractivity contribution in [2.24, 2.45) is 0 Å². The Hall–Kier alpha value is -7.69. The van der Waals surface area contributed by atoms with E-state index in [0.717, 1.165) is 61.2 Å². The van der Waals surface area contributed by atoms with Crippen molar-refractivity contribution in [2.45, 2.75) is 19.3 Å². The number of oxazole rings is 1.